The lowest BCUT2D eigenvalue weighted by atomic mass is 9.81. The van der Waals surface area contributed by atoms with Gasteiger partial charge in [-0.1, -0.05) is 19.1 Å². The van der Waals surface area contributed by atoms with Gasteiger partial charge in [0.25, 0.3) is 0 Å². The lowest BCUT2D eigenvalue weighted by Crippen LogP contribution is -2.46. The van der Waals surface area contributed by atoms with E-state index in [0.29, 0.717) is 6.42 Å². The molecule has 1 amide bonds. The summed E-state index contributed by atoms with van der Waals surface area (Å²) in [6.07, 6.45) is -2.99. The van der Waals surface area contributed by atoms with Crippen LogP contribution in [0.3, 0.4) is 0 Å². The van der Waals surface area contributed by atoms with Crippen molar-refractivity contribution in [3.05, 3.63) is 0 Å². The van der Waals surface area contributed by atoms with Gasteiger partial charge in [-0.25, -0.2) is 0 Å². The van der Waals surface area contributed by atoms with Gasteiger partial charge in [-0.05, 0) is 32.1 Å². The van der Waals surface area contributed by atoms with Gasteiger partial charge in [0.1, 0.15) is 0 Å². The molecular weight excluding hydrogens is 277 g/mol. The summed E-state index contributed by atoms with van der Waals surface area (Å²) >= 11 is 4.82. The fourth-order valence-electron chi connectivity index (χ4n) is 2.35. The van der Waals surface area contributed by atoms with E-state index in [4.69, 9.17) is 18.0 Å². The second-order valence-corrected chi connectivity index (χ2v) is 5.43. The molecule has 0 saturated heterocycles. The minimum Gasteiger partial charge on any atom is -0.392 e. The first kappa shape index (κ1) is 16.2. The van der Waals surface area contributed by atoms with Crippen LogP contribution in [0.25, 0.3) is 0 Å². The molecule has 0 bridgehead atoms. The van der Waals surface area contributed by atoms with Crippen LogP contribution in [-0.2, 0) is 4.79 Å². The Hall–Kier alpha value is -0.850. The van der Waals surface area contributed by atoms with Gasteiger partial charge in [0.05, 0.1) is 16.9 Å². The molecule has 0 spiro atoms. The number of nitrogens with two attached hydrogens (primary N) is 1. The van der Waals surface area contributed by atoms with Crippen LogP contribution in [0.2, 0.25) is 0 Å². The highest BCUT2D eigenvalue weighted by molar-refractivity contribution is 7.80. The van der Waals surface area contributed by atoms with Crippen LogP contribution in [0.1, 0.15) is 39.0 Å². The average Bonchev–Trinajstić information content (AvgIpc) is 2.34. The SMILES string of the molecule is CCC(NC(=O)C1CCC(C(F)(F)F)CC1)C(N)=S. The molecule has 3 nitrogen and oxygen atoms in total. The van der Waals surface area contributed by atoms with Crippen LogP contribution >= 0.6 is 12.2 Å². The first-order valence-electron chi connectivity index (χ1n) is 6.42. The molecule has 0 aromatic carbocycles. The Labute approximate surface area is 116 Å². The van der Waals surface area contributed by atoms with Crippen molar-refractivity contribution in [1.82, 2.24) is 5.32 Å². The van der Waals surface area contributed by atoms with Crippen molar-refractivity contribution < 1.29 is 18.0 Å². The lowest BCUT2D eigenvalue weighted by Gasteiger charge is -2.30. The van der Waals surface area contributed by atoms with Gasteiger partial charge in [-0.2, -0.15) is 13.2 Å². The van der Waals surface area contributed by atoms with E-state index >= 15 is 0 Å². The van der Waals surface area contributed by atoms with Crippen molar-refractivity contribution in [3.63, 3.8) is 0 Å². The van der Waals surface area contributed by atoms with E-state index < -0.39 is 12.1 Å². The molecular formula is C12H19F3N2OS. The molecule has 3 N–H and O–H groups in total. The zero-order valence-electron chi connectivity index (χ0n) is 10.8. The van der Waals surface area contributed by atoms with Crippen molar-refractivity contribution in [3.8, 4) is 0 Å². The quantitative estimate of drug-likeness (QED) is 0.784. The van der Waals surface area contributed by atoms with E-state index in [2.05, 4.69) is 5.32 Å². The molecule has 0 aromatic rings. The maximum atomic E-state index is 12.5. The molecule has 0 radical (unpaired) electrons. The summed E-state index contributed by atoms with van der Waals surface area (Å²) in [5.74, 6) is -1.86. The molecule has 1 fully saturated rings. The first-order valence-corrected chi connectivity index (χ1v) is 6.83. The molecule has 7 heteroatoms. The van der Waals surface area contributed by atoms with Crippen LogP contribution in [0.15, 0.2) is 0 Å². The summed E-state index contributed by atoms with van der Waals surface area (Å²) in [6, 6.07) is -0.372. The Kier molecular flexibility index (Phi) is 5.58. The summed E-state index contributed by atoms with van der Waals surface area (Å²) in [6.45, 7) is 1.84. The van der Waals surface area contributed by atoms with Crippen molar-refractivity contribution >= 4 is 23.1 Å². The summed E-state index contributed by atoms with van der Waals surface area (Å²) < 4.78 is 37.5. The van der Waals surface area contributed by atoms with E-state index in [-0.39, 0.29) is 48.5 Å². The van der Waals surface area contributed by atoms with Crippen molar-refractivity contribution in [1.29, 1.82) is 0 Å². The maximum absolute atomic E-state index is 12.5. The van der Waals surface area contributed by atoms with Gasteiger partial charge >= 0.3 is 6.18 Å². The summed E-state index contributed by atoms with van der Waals surface area (Å²) in [4.78, 5) is 12.1. The largest absolute Gasteiger partial charge is 0.392 e. The minimum absolute atomic E-state index is 0.0193. The Morgan fingerprint density at radius 3 is 2.26 bits per heavy atom. The Morgan fingerprint density at radius 2 is 1.89 bits per heavy atom. The first-order chi connectivity index (χ1) is 8.75. The van der Waals surface area contributed by atoms with Gasteiger partial charge in [0, 0.05) is 5.92 Å². The van der Waals surface area contributed by atoms with Crippen LogP contribution in [0.4, 0.5) is 13.2 Å². The van der Waals surface area contributed by atoms with Gasteiger partial charge in [0.2, 0.25) is 5.91 Å². The van der Waals surface area contributed by atoms with Crippen LogP contribution < -0.4 is 11.1 Å². The fraction of sp³-hybridized carbons (Fsp3) is 0.833. The molecule has 0 aromatic heterocycles. The molecule has 0 aliphatic heterocycles. The van der Waals surface area contributed by atoms with Gasteiger partial charge < -0.3 is 11.1 Å². The third kappa shape index (κ3) is 4.63. The van der Waals surface area contributed by atoms with Gasteiger partial charge in [0.15, 0.2) is 0 Å². The smallest absolute Gasteiger partial charge is 0.391 e. The number of nitrogens with one attached hydrogen (secondary N) is 1. The van der Waals surface area contributed by atoms with E-state index in [1.165, 1.54) is 0 Å². The number of hydrogen-bond acceptors (Lipinski definition) is 2. The fourth-order valence-corrected chi connectivity index (χ4v) is 2.57. The van der Waals surface area contributed by atoms with E-state index in [1.54, 1.807) is 0 Å². The highest BCUT2D eigenvalue weighted by Crippen LogP contribution is 2.39. The number of hydrogen-bond donors (Lipinski definition) is 2. The predicted octanol–water partition coefficient (Wildman–Crippen LogP) is 2.54. The van der Waals surface area contributed by atoms with Crippen LogP contribution in [0, 0.1) is 11.8 Å². The van der Waals surface area contributed by atoms with Gasteiger partial charge in [-0.15, -0.1) is 0 Å². The lowest BCUT2D eigenvalue weighted by molar-refractivity contribution is -0.184. The molecule has 0 heterocycles. The van der Waals surface area contributed by atoms with Crippen LogP contribution in [0.5, 0.6) is 0 Å². The standard InChI is InChI=1S/C12H19F3N2OS/c1-2-9(10(16)19)17-11(18)7-3-5-8(6-4-7)12(13,14)15/h7-9H,2-6H2,1H3,(H2,16,19)(H,17,18). The second-order valence-electron chi connectivity index (χ2n) is 4.96. The van der Waals surface area contributed by atoms with Gasteiger partial charge in [-0.3, -0.25) is 4.79 Å². The van der Waals surface area contributed by atoms with E-state index in [1.807, 2.05) is 6.92 Å². The monoisotopic (exact) mass is 296 g/mol. The molecule has 1 aliphatic carbocycles. The third-order valence-electron chi connectivity index (χ3n) is 3.63. The van der Waals surface area contributed by atoms with Crippen LogP contribution in [-0.4, -0.2) is 23.1 Å². The predicted molar refractivity (Wildman–Crippen MR) is 70.5 cm³/mol. The second kappa shape index (κ2) is 6.54. The zero-order chi connectivity index (χ0) is 14.6. The normalized spacial score (nSPS) is 25.7. The number of carbonyl (C=O) groups is 1. The Balaban J connectivity index is 2.47. The summed E-state index contributed by atoms with van der Waals surface area (Å²) in [5, 5.41) is 2.70. The summed E-state index contributed by atoms with van der Waals surface area (Å²) in [5.41, 5.74) is 5.47. The highest BCUT2D eigenvalue weighted by atomic mass is 32.1. The number of carbonyl (C=O) groups excluding carboxylic acids is 1. The van der Waals surface area contributed by atoms with Crippen molar-refractivity contribution in [2.45, 2.75) is 51.2 Å². The molecule has 110 valence electrons. The molecule has 1 saturated carbocycles. The highest BCUT2D eigenvalue weighted by Gasteiger charge is 2.42. The maximum Gasteiger partial charge on any atom is 0.391 e. The minimum atomic E-state index is -4.15. The Morgan fingerprint density at radius 1 is 1.37 bits per heavy atom. The molecule has 1 rings (SSSR count). The van der Waals surface area contributed by atoms with Crippen molar-refractivity contribution in [2.75, 3.05) is 0 Å². The number of alkyl halides is 3. The molecule has 1 aliphatic rings. The molecule has 19 heavy (non-hydrogen) atoms. The number of rotatable bonds is 4. The number of amides is 1. The molecule has 1 unspecified atom stereocenters. The third-order valence-corrected chi connectivity index (χ3v) is 3.91. The number of thiocarbonyl (C=S) groups is 1. The topological polar surface area (TPSA) is 55.1 Å². The summed E-state index contributed by atoms with van der Waals surface area (Å²) in [7, 11) is 0. The Bertz CT molecular complexity index is 338. The van der Waals surface area contributed by atoms with E-state index in [9.17, 15) is 18.0 Å². The molecule has 1 atom stereocenters. The average molecular weight is 296 g/mol. The number of halogens is 3. The van der Waals surface area contributed by atoms with E-state index in [0.717, 1.165) is 0 Å². The van der Waals surface area contributed by atoms with Crippen molar-refractivity contribution in [2.24, 2.45) is 17.6 Å². The zero-order valence-corrected chi connectivity index (χ0v) is 11.6.